The summed E-state index contributed by atoms with van der Waals surface area (Å²) in [6.07, 6.45) is 2.56. The highest BCUT2D eigenvalue weighted by Crippen LogP contribution is 2.30. The largest absolute Gasteiger partial charge is 0.390 e. The van der Waals surface area contributed by atoms with Gasteiger partial charge >= 0.3 is 6.03 Å². The first-order chi connectivity index (χ1) is 11.1. The fourth-order valence-electron chi connectivity index (χ4n) is 2.91. The minimum atomic E-state index is -0.570. The number of nitrogens with zero attached hydrogens (tertiary/aromatic N) is 1. The maximum Gasteiger partial charge on any atom is 0.315 e. The maximum atomic E-state index is 12.0. The SMILES string of the molecule is Cc1ccc(CCNC(=O)NC2c3ccccc3CC2O)cn1. The van der Waals surface area contributed by atoms with E-state index in [0.29, 0.717) is 13.0 Å². The molecule has 0 radical (unpaired) electrons. The number of aliphatic hydroxyl groups excluding tert-OH is 1. The van der Waals surface area contributed by atoms with Crippen molar-refractivity contribution in [3.05, 3.63) is 65.0 Å². The van der Waals surface area contributed by atoms with Gasteiger partial charge in [-0.2, -0.15) is 0 Å². The number of benzene rings is 1. The fourth-order valence-corrected chi connectivity index (χ4v) is 2.91. The van der Waals surface area contributed by atoms with Crippen LogP contribution in [0.1, 0.15) is 28.4 Å². The Kier molecular flexibility index (Phi) is 4.57. The van der Waals surface area contributed by atoms with Crippen molar-refractivity contribution in [1.29, 1.82) is 0 Å². The molecule has 1 aliphatic carbocycles. The smallest absolute Gasteiger partial charge is 0.315 e. The third-order valence-corrected chi connectivity index (χ3v) is 4.16. The number of hydrogen-bond acceptors (Lipinski definition) is 3. The zero-order valence-corrected chi connectivity index (χ0v) is 13.1. The van der Waals surface area contributed by atoms with Gasteiger partial charge in [0.25, 0.3) is 0 Å². The lowest BCUT2D eigenvalue weighted by molar-refractivity contribution is 0.142. The Bertz CT molecular complexity index is 685. The summed E-state index contributed by atoms with van der Waals surface area (Å²) >= 11 is 0. The number of hydrogen-bond donors (Lipinski definition) is 3. The van der Waals surface area contributed by atoms with E-state index in [-0.39, 0.29) is 12.1 Å². The van der Waals surface area contributed by atoms with E-state index < -0.39 is 6.10 Å². The van der Waals surface area contributed by atoms with Crippen molar-refractivity contribution in [3.8, 4) is 0 Å². The average molecular weight is 311 g/mol. The molecule has 1 aromatic heterocycles. The van der Waals surface area contributed by atoms with Crippen LogP contribution in [0.2, 0.25) is 0 Å². The summed E-state index contributed by atoms with van der Waals surface area (Å²) in [5.41, 5.74) is 4.16. The number of aliphatic hydroxyl groups is 1. The van der Waals surface area contributed by atoms with Crippen LogP contribution in [-0.2, 0) is 12.8 Å². The Hall–Kier alpha value is -2.40. The Labute approximate surface area is 135 Å². The van der Waals surface area contributed by atoms with Crippen LogP contribution in [0.4, 0.5) is 4.79 Å². The summed E-state index contributed by atoms with van der Waals surface area (Å²) in [5.74, 6) is 0. The van der Waals surface area contributed by atoms with Gasteiger partial charge in [-0.05, 0) is 36.1 Å². The van der Waals surface area contributed by atoms with Gasteiger partial charge in [0.2, 0.25) is 0 Å². The van der Waals surface area contributed by atoms with Gasteiger partial charge in [-0.15, -0.1) is 0 Å². The Balaban J connectivity index is 1.51. The highest BCUT2D eigenvalue weighted by Gasteiger charge is 2.31. The number of aryl methyl sites for hydroxylation is 1. The molecule has 0 aliphatic heterocycles. The highest BCUT2D eigenvalue weighted by atomic mass is 16.3. The van der Waals surface area contributed by atoms with E-state index in [4.69, 9.17) is 0 Å². The van der Waals surface area contributed by atoms with Crippen LogP contribution in [0.5, 0.6) is 0 Å². The predicted molar refractivity (Wildman–Crippen MR) is 88.1 cm³/mol. The maximum absolute atomic E-state index is 12.0. The molecule has 3 rings (SSSR count). The van der Waals surface area contributed by atoms with Crippen LogP contribution >= 0.6 is 0 Å². The first-order valence-corrected chi connectivity index (χ1v) is 7.85. The lowest BCUT2D eigenvalue weighted by atomic mass is 10.1. The molecule has 5 heteroatoms. The molecule has 0 bridgehead atoms. The molecule has 2 unspecified atom stereocenters. The second kappa shape index (κ2) is 6.79. The van der Waals surface area contributed by atoms with E-state index >= 15 is 0 Å². The number of aromatic nitrogens is 1. The first kappa shape index (κ1) is 15.5. The summed E-state index contributed by atoms with van der Waals surface area (Å²) in [5, 5.41) is 15.8. The molecule has 0 fully saturated rings. The lowest BCUT2D eigenvalue weighted by Crippen LogP contribution is -2.41. The third-order valence-electron chi connectivity index (χ3n) is 4.16. The number of carbonyl (C=O) groups excluding carboxylic acids is 1. The molecule has 120 valence electrons. The predicted octanol–water partition coefficient (Wildman–Crippen LogP) is 1.89. The second-order valence-electron chi connectivity index (χ2n) is 5.91. The molecular weight excluding hydrogens is 290 g/mol. The van der Waals surface area contributed by atoms with Crippen molar-refractivity contribution >= 4 is 6.03 Å². The molecule has 0 saturated heterocycles. The van der Waals surface area contributed by atoms with Crippen molar-refractivity contribution in [3.63, 3.8) is 0 Å². The van der Waals surface area contributed by atoms with Crippen LogP contribution in [0, 0.1) is 6.92 Å². The quantitative estimate of drug-likeness (QED) is 0.807. The third kappa shape index (κ3) is 3.68. The Morgan fingerprint density at radius 2 is 2.13 bits per heavy atom. The van der Waals surface area contributed by atoms with E-state index in [1.54, 1.807) is 0 Å². The molecule has 2 aromatic rings. The summed E-state index contributed by atoms with van der Waals surface area (Å²) in [6, 6.07) is 11.2. The second-order valence-corrected chi connectivity index (χ2v) is 5.91. The Morgan fingerprint density at radius 1 is 1.30 bits per heavy atom. The van der Waals surface area contributed by atoms with Crippen LogP contribution in [0.25, 0.3) is 0 Å². The molecule has 0 spiro atoms. The van der Waals surface area contributed by atoms with Crippen LogP contribution in [-0.4, -0.2) is 28.8 Å². The monoisotopic (exact) mass is 311 g/mol. The van der Waals surface area contributed by atoms with Crippen molar-refractivity contribution in [1.82, 2.24) is 15.6 Å². The molecule has 5 nitrogen and oxygen atoms in total. The van der Waals surface area contributed by atoms with Crippen molar-refractivity contribution in [2.45, 2.75) is 31.9 Å². The van der Waals surface area contributed by atoms with Gasteiger partial charge in [-0.1, -0.05) is 30.3 Å². The van der Waals surface area contributed by atoms with Crippen molar-refractivity contribution in [2.75, 3.05) is 6.54 Å². The number of fused-ring (bicyclic) bond motifs is 1. The summed E-state index contributed by atoms with van der Waals surface area (Å²) in [7, 11) is 0. The van der Waals surface area contributed by atoms with E-state index in [0.717, 1.165) is 28.8 Å². The molecule has 2 atom stereocenters. The van der Waals surface area contributed by atoms with Gasteiger partial charge in [0.15, 0.2) is 0 Å². The molecule has 1 heterocycles. The Morgan fingerprint density at radius 3 is 2.91 bits per heavy atom. The fraction of sp³-hybridized carbons (Fsp3) is 0.333. The highest BCUT2D eigenvalue weighted by molar-refractivity contribution is 5.74. The summed E-state index contributed by atoms with van der Waals surface area (Å²) < 4.78 is 0. The number of carbonyl (C=O) groups is 1. The van der Waals surface area contributed by atoms with E-state index in [1.807, 2.05) is 49.5 Å². The summed E-state index contributed by atoms with van der Waals surface area (Å²) in [4.78, 5) is 16.3. The lowest BCUT2D eigenvalue weighted by Gasteiger charge is -2.18. The zero-order valence-electron chi connectivity index (χ0n) is 13.1. The van der Waals surface area contributed by atoms with Gasteiger partial charge in [0, 0.05) is 24.9 Å². The molecule has 23 heavy (non-hydrogen) atoms. The van der Waals surface area contributed by atoms with E-state index in [1.165, 1.54) is 0 Å². The standard InChI is InChI=1S/C18H21N3O2/c1-12-6-7-13(11-20-12)8-9-19-18(23)21-17-15-5-3-2-4-14(15)10-16(17)22/h2-7,11,16-17,22H,8-10H2,1H3,(H2,19,21,23). The van der Waals surface area contributed by atoms with Gasteiger partial charge < -0.3 is 15.7 Å². The van der Waals surface area contributed by atoms with Crippen LogP contribution < -0.4 is 10.6 Å². The van der Waals surface area contributed by atoms with Crippen LogP contribution in [0.3, 0.4) is 0 Å². The summed E-state index contributed by atoms with van der Waals surface area (Å²) in [6.45, 7) is 2.47. The zero-order chi connectivity index (χ0) is 16.2. The van der Waals surface area contributed by atoms with E-state index in [9.17, 15) is 9.90 Å². The molecule has 1 aromatic carbocycles. The number of pyridine rings is 1. The molecule has 2 amide bonds. The number of urea groups is 1. The number of amides is 2. The van der Waals surface area contributed by atoms with Crippen molar-refractivity contribution < 1.29 is 9.90 Å². The topological polar surface area (TPSA) is 74.2 Å². The minimum Gasteiger partial charge on any atom is -0.390 e. The van der Waals surface area contributed by atoms with E-state index in [2.05, 4.69) is 15.6 Å². The van der Waals surface area contributed by atoms with Gasteiger partial charge in [-0.25, -0.2) is 4.79 Å². The first-order valence-electron chi connectivity index (χ1n) is 7.85. The van der Waals surface area contributed by atoms with Crippen molar-refractivity contribution in [2.24, 2.45) is 0 Å². The average Bonchev–Trinajstić information content (AvgIpc) is 2.85. The molecule has 0 saturated carbocycles. The van der Waals surface area contributed by atoms with Crippen LogP contribution in [0.15, 0.2) is 42.6 Å². The van der Waals surface area contributed by atoms with Gasteiger partial charge in [0.1, 0.15) is 0 Å². The molecule has 1 aliphatic rings. The number of nitrogens with one attached hydrogen (secondary N) is 2. The van der Waals surface area contributed by atoms with Gasteiger partial charge in [-0.3, -0.25) is 4.98 Å². The van der Waals surface area contributed by atoms with Gasteiger partial charge in [0.05, 0.1) is 12.1 Å². The number of rotatable bonds is 4. The normalized spacial score (nSPS) is 19.2. The molecular formula is C18H21N3O2. The molecule has 3 N–H and O–H groups in total. The minimum absolute atomic E-state index is 0.258.